The van der Waals surface area contributed by atoms with E-state index in [1.807, 2.05) is 18.5 Å². The number of rotatable bonds is 12. The lowest BCUT2D eigenvalue weighted by Gasteiger charge is -2.23. The Morgan fingerprint density at radius 2 is 1.83 bits per heavy atom. The van der Waals surface area contributed by atoms with Gasteiger partial charge in [0.15, 0.2) is 11.8 Å². The molecule has 0 aliphatic carbocycles. The highest BCUT2D eigenvalue weighted by molar-refractivity contribution is 14.0. The van der Waals surface area contributed by atoms with Gasteiger partial charge in [-0.05, 0) is 38.8 Å². The smallest absolute Gasteiger partial charge is 0.191 e. The third-order valence-electron chi connectivity index (χ3n) is 4.78. The van der Waals surface area contributed by atoms with Gasteiger partial charge in [0.25, 0.3) is 0 Å². The summed E-state index contributed by atoms with van der Waals surface area (Å²) in [5, 5.41) is 15.1. The van der Waals surface area contributed by atoms with Gasteiger partial charge in [0, 0.05) is 52.6 Å². The van der Waals surface area contributed by atoms with Crippen molar-refractivity contribution in [3.8, 4) is 0 Å². The zero-order valence-electron chi connectivity index (χ0n) is 18.6. The molecule has 0 atom stereocenters. The molecule has 0 amide bonds. The number of nitrogens with one attached hydrogen (secondary N) is 2. The maximum atomic E-state index is 5.12. The van der Waals surface area contributed by atoms with E-state index >= 15 is 0 Å². The van der Waals surface area contributed by atoms with Crippen LogP contribution in [0.2, 0.25) is 0 Å². The molecular weight excluding hydrogens is 493 g/mol. The first-order valence-electron chi connectivity index (χ1n) is 10.3. The van der Waals surface area contributed by atoms with Gasteiger partial charge in [-0.2, -0.15) is 0 Å². The average Bonchev–Trinajstić information content (AvgIpc) is 3.07. The SMILES string of the molecule is CCN(CCCNC(=NCc1nnc(C)n1C)NCCCOC)c1ccccc1.I. The zero-order chi connectivity index (χ0) is 20.9. The van der Waals surface area contributed by atoms with Crippen molar-refractivity contribution in [2.75, 3.05) is 44.8 Å². The van der Waals surface area contributed by atoms with E-state index in [0.29, 0.717) is 6.54 Å². The van der Waals surface area contributed by atoms with Gasteiger partial charge in [-0.1, -0.05) is 18.2 Å². The van der Waals surface area contributed by atoms with Crippen LogP contribution in [0.3, 0.4) is 0 Å². The van der Waals surface area contributed by atoms with Crippen LogP contribution in [-0.4, -0.2) is 60.6 Å². The second kappa shape index (κ2) is 15.0. The summed E-state index contributed by atoms with van der Waals surface area (Å²) in [6.07, 6.45) is 1.95. The molecule has 0 bridgehead atoms. The number of benzene rings is 1. The second-order valence-electron chi connectivity index (χ2n) is 6.86. The Morgan fingerprint density at radius 1 is 1.13 bits per heavy atom. The monoisotopic (exact) mass is 529 g/mol. The van der Waals surface area contributed by atoms with E-state index in [2.05, 4.69) is 68.0 Å². The van der Waals surface area contributed by atoms with Gasteiger partial charge in [-0.3, -0.25) is 0 Å². The predicted molar refractivity (Wildman–Crippen MR) is 134 cm³/mol. The molecule has 2 rings (SSSR count). The highest BCUT2D eigenvalue weighted by Crippen LogP contribution is 2.12. The third-order valence-corrected chi connectivity index (χ3v) is 4.78. The van der Waals surface area contributed by atoms with Crippen LogP contribution in [0.1, 0.15) is 31.4 Å². The van der Waals surface area contributed by atoms with Crippen molar-refractivity contribution < 1.29 is 4.74 Å². The summed E-state index contributed by atoms with van der Waals surface area (Å²) in [5.74, 6) is 2.53. The quantitative estimate of drug-likeness (QED) is 0.191. The highest BCUT2D eigenvalue weighted by atomic mass is 127. The van der Waals surface area contributed by atoms with Gasteiger partial charge in [-0.15, -0.1) is 34.2 Å². The predicted octanol–water partition coefficient (Wildman–Crippen LogP) is 2.73. The lowest BCUT2D eigenvalue weighted by molar-refractivity contribution is 0.195. The Kier molecular flexibility index (Phi) is 13.1. The number of anilines is 1. The number of aryl methyl sites for hydroxylation is 1. The van der Waals surface area contributed by atoms with Crippen LogP contribution >= 0.6 is 24.0 Å². The highest BCUT2D eigenvalue weighted by Gasteiger charge is 2.06. The van der Waals surface area contributed by atoms with E-state index in [0.717, 1.165) is 63.2 Å². The molecule has 168 valence electrons. The largest absolute Gasteiger partial charge is 0.385 e. The summed E-state index contributed by atoms with van der Waals surface area (Å²) in [6.45, 7) is 8.98. The van der Waals surface area contributed by atoms with Crippen LogP contribution in [-0.2, 0) is 18.3 Å². The minimum absolute atomic E-state index is 0. The third kappa shape index (κ3) is 8.86. The van der Waals surface area contributed by atoms with E-state index in [4.69, 9.17) is 4.74 Å². The molecule has 30 heavy (non-hydrogen) atoms. The molecule has 0 spiro atoms. The fourth-order valence-electron chi connectivity index (χ4n) is 2.92. The standard InChI is InChI=1S/C21H35N7O.HI/c1-5-28(19-11-7-6-8-12-19)15-9-13-22-21(23-14-10-16-29-4)24-17-20-26-25-18(2)27(20)3;/h6-8,11-12H,5,9-10,13-17H2,1-4H3,(H2,22,23,24);1H. The van der Waals surface area contributed by atoms with Gasteiger partial charge < -0.3 is 24.8 Å². The number of nitrogens with zero attached hydrogens (tertiary/aromatic N) is 5. The Balaban J connectivity index is 0.00000450. The number of para-hydroxylation sites is 1. The molecule has 1 aromatic heterocycles. The van der Waals surface area contributed by atoms with Gasteiger partial charge in [0.1, 0.15) is 12.4 Å². The first-order chi connectivity index (χ1) is 14.2. The first kappa shape index (κ1) is 26.2. The molecule has 0 saturated carbocycles. The second-order valence-corrected chi connectivity index (χ2v) is 6.86. The normalized spacial score (nSPS) is 11.1. The van der Waals surface area contributed by atoms with Crippen molar-refractivity contribution in [3.63, 3.8) is 0 Å². The van der Waals surface area contributed by atoms with Gasteiger partial charge in [-0.25, -0.2) is 4.99 Å². The molecule has 2 N–H and O–H groups in total. The Hall–Kier alpha value is -1.88. The fourth-order valence-corrected chi connectivity index (χ4v) is 2.92. The van der Waals surface area contributed by atoms with Crippen LogP contribution in [0, 0.1) is 6.92 Å². The molecule has 0 radical (unpaired) electrons. The van der Waals surface area contributed by atoms with Crippen LogP contribution in [0.25, 0.3) is 0 Å². The lowest BCUT2D eigenvalue weighted by atomic mass is 10.2. The number of hydrogen-bond acceptors (Lipinski definition) is 5. The van der Waals surface area contributed by atoms with Crippen molar-refractivity contribution >= 4 is 35.6 Å². The molecule has 9 heteroatoms. The summed E-state index contributed by atoms with van der Waals surface area (Å²) < 4.78 is 7.09. The molecule has 0 unspecified atom stereocenters. The molecule has 0 saturated heterocycles. The molecule has 0 aliphatic heterocycles. The summed E-state index contributed by atoms with van der Waals surface area (Å²) in [6, 6.07) is 10.5. The lowest BCUT2D eigenvalue weighted by Crippen LogP contribution is -2.39. The van der Waals surface area contributed by atoms with Gasteiger partial charge >= 0.3 is 0 Å². The summed E-state index contributed by atoms with van der Waals surface area (Å²) >= 11 is 0. The number of aromatic nitrogens is 3. The maximum Gasteiger partial charge on any atom is 0.191 e. The van der Waals surface area contributed by atoms with E-state index in [1.165, 1.54) is 5.69 Å². The van der Waals surface area contributed by atoms with Gasteiger partial charge in [0.05, 0.1) is 0 Å². The van der Waals surface area contributed by atoms with E-state index in [9.17, 15) is 0 Å². The number of hydrogen-bond donors (Lipinski definition) is 2. The summed E-state index contributed by atoms with van der Waals surface area (Å²) in [5.41, 5.74) is 1.26. The van der Waals surface area contributed by atoms with Crippen LogP contribution in [0.15, 0.2) is 35.3 Å². The molecule has 0 fully saturated rings. The molecule has 2 aromatic rings. The molecule has 8 nitrogen and oxygen atoms in total. The van der Waals surface area contributed by atoms with Crippen molar-refractivity contribution in [2.24, 2.45) is 12.0 Å². The average molecular weight is 529 g/mol. The first-order valence-corrected chi connectivity index (χ1v) is 10.3. The number of aliphatic imine (C=N–C) groups is 1. The number of halogens is 1. The molecule has 1 heterocycles. The van der Waals surface area contributed by atoms with Crippen LogP contribution in [0.4, 0.5) is 5.69 Å². The van der Waals surface area contributed by atoms with Crippen molar-refractivity contribution in [1.82, 2.24) is 25.4 Å². The molecular formula is C21H36IN7O. The van der Waals surface area contributed by atoms with E-state index < -0.39 is 0 Å². The number of methoxy groups -OCH3 is 1. The van der Waals surface area contributed by atoms with Crippen molar-refractivity contribution in [1.29, 1.82) is 0 Å². The number of ether oxygens (including phenoxy) is 1. The van der Waals surface area contributed by atoms with E-state index in [-0.39, 0.29) is 24.0 Å². The minimum atomic E-state index is 0. The topological polar surface area (TPSA) is 79.6 Å². The molecule has 0 aliphatic rings. The summed E-state index contributed by atoms with van der Waals surface area (Å²) in [4.78, 5) is 7.06. The number of guanidine groups is 1. The zero-order valence-corrected chi connectivity index (χ0v) is 20.9. The van der Waals surface area contributed by atoms with Crippen LogP contribution in [0.5, 0.6) is 0 Å². The van der Waals surface area contributed by atoms with Crippen molar-refractivity contribution in [3.05, 3.63) is 42.0 Å². The van der Waals surface area contributed by atoms with Crippen molar-refractivity contribution in [2.45, 2.75) is 33.2 Å². The Bertz CT molecular complexity index is 736. The minimum Gasteiger partial charge on any atom is -0.385 e. The summed E-state index contributed by atoms with van der Waals surface area (Å²) in [7, 11) is 3.68. The fraction of sp³-hybridized carbons (Fsp3) is 0.571. The van der Waals surface area contributed by atoms with E-state index in [1.54, 1.807) is 7.11 Å². The Morgan fingerprint density at radius 3 is 2.43 bits per heavy atom. The van der Waals surface area contributed by atoms with Crippen LogP contribution < -0.4 is 15.5 Å². The van der Waals surface area contributed by atoms with Gasteiger partial charge in [0.2, 0.25) is 0 Å². The molecule has 1 aromatic carbocycles. The maximum absolute atomic E-state index is 5.12. The Labute approximate surface area is 197 Å².